The molecular weight excluding hydrogens is 262 g/mol. The van der Waals surface area contributed by atoms with Gasteiger partial charge in [0, 0.05) is 38.1 Å². The number of aliphatic hydroxyl groups excluding tert-OH is 1. The predicted octanol–water partition coefficient (Wildman–Crippen LogP) is 2.46. The topological polar surface area (TPSA) is 39.6 Å². The number of hydrogen-bond donors (Lipinski definition) is 1. The van der Waals surface area contributed by atoms with Crippen molar-refractivity contribution in [3.05, 3.63) is 54.2 Å². The molecule has 1 aliphatic rings. The summed E-state index contributed by atoms with van der Waals surface area (Å²) in [6, 6.07) is 14.5. The smallest absolute Gasteiger partial charge is 0.128 e. The van der Waals surface area contributed by atoms with Gasteiger partial charge in [0.05, 0.1) is 6.10 Å². The first-order chi connectivity index (χ1) is 10.2. The van der Waals surface area contributed by atoms with Crippen LogP contribution < -0.4 is 9.80 Å². The lowest BCUT2D eigenvalue weighted by Gasteiger charge is -2.36. The molecule has 1 aromatic heterocycles. The zero-order valence-corrected chi connectivity index (χ0v) is 12.3. The number of anilines is 2. The van der Waals surface area contributed by atoms with Crippen LogP contribution in [0.25, 0.3) is 0 Å². The zero-order valence-electron chi connectivity index (χ0n) is 12.3. The highest BCUT2D eigenvalue weighted by molar-refractivity contribution is 5.49. The van der Waals surface area contributed by atoms with Crippen LogP contribution in [0, 0.1) is 0 Å². The van der Waals surface area contributed by atoms with E-state index in [1.165, 1.54) is 5.69 Å². The van der Waals surface area contributed by atoms with Gasteiger partial charge in [0.15, 0.2) is 0 Å². The van der Waals surface area contributed by atoms with Gasteiger partial charge >= 0.3 is 0 Å². The van der Waals surface area contributed by atoms with Gasteiger partial charge in [-0.05, 0) is 30.7 Å². The number of rotatable bonds is 3. The molecule has 1 saturated heterocycles. The molecule has 2 aromatic rings. The maximum atomic E-state index is 9.53. The predicted molar refractivity (Wildman–Crippen MR) is 85.7 cm³/mol. The highest BCUT2D eigenvalue weighted by Gasteiger charge is 2.18. The maximum Gasteiger partial charge on any atom is 0.128 e. The van der Waals surface area contributed by atoms with Crippen molar-refractivity contribution in [3.63, 3.8) is 0 Å². The number of pyridine rings is 1. The Morgan fingerprint density at radius 1 is 0.952 bits per heavy atom. The van der Waals surface area contributed by atoms with E-state index in [-0.39, 0.29) is 0 Å². The maximum absolute atomic E-state index is 9.53. The van der Waals surface area contributed by atoms with Crippen molar-refractivity contribution in [2.75, 3.05) is 36.0 Å². The number of para-hydroxylation sites is 1. The first-order valence-electron chi connectivity index (χ1n) is 7.43. The number of hydrogen-bond acceptors (Lipinski definition) is 4. The van der Waals surface area contributed by atoms with Crippen molar-refractivity contribution >= 4 is 11.5 Å². The van der Waals surface area contributed by atoms with E-state index in [4.69, 9.17) is 0 Å². The molecule has 0 spiro atoms. The first kappa shape index (κ1) is 13.9. The van der Waals surface area contributed by atoms with Crippen molar-refractivity contribution in [1.82, 2.24) is 4.98 Å². The number of benzene rings is 1. The largest absolute Gasteiger partial charge is 0.389 e. The summed E-state index contributed by atoms with van der Waals surface area (Å²) in [6.07, 6.45) is 1.31. The number of piperazine rings is 1. The van der Waals surface area contributed by atoms with Crippen LogP contribution in [0.5, 0.6) is 0 Å². The van der Waals surface area contributed by atoms with E-state index in [1.807, 2.05) is 18.2 Å². The summed E-state index contributed by atoms with van der Waals surface area (Å²) in [5.74, 6) is 0.993. The van der Waals surface area contributed by atoms with E-state index in [0.29, 0.717) is 0 Å². The van der Waals surface area contributed by atoms with Crippen LogP contribution in [-0.4, -0.2) is 36.3 Å². The molecule has 4 heteroatoms. The molecule has 0 amide bonds. The van der Waals surface area contributed by atoms with Gasteiger partial charge in [0.1, 0.15) is 5.82 Å². The number of aliphatic hydroxyl groups is 1. The molecule has 0 bridgehead atoms. The second kappa shape index (κ2) is 6.14. The van der Waals surface area contributed by atoms with Gasteiger partial charge in [-0.15, -0.1) is 0 Å². The van der Waals surface area contributed by atoms with E-state index < -0.39 is 6.10 Å². The monoisotopic (exact) mass is 283 g/mol. The van der Waals surface area contributed by atoms with Crippen molar-refractivity contribution in [3.8, 4) is 0 Å². The number of nitrogens with zero attached hydrogens (tertiary/aromatic N) is 3. The van der Waals surface area contributed by atoms with Gasteiger partial charge in [-0.2, -0.15) is 0 Å². The fourth-order valence-electron chi connectivity index (χ4n) is 2.66. The number of aromatic nitrogens is 1. The van der Waals surface area contributed by atoms with Crippen LogP contribution in [0.2, 0.25) is 0 Å². The van der Waals surface area contributed by atoms with Gasteiger partial charge in [0.25, 0.3) is 0 Å². The summed E-state index contributed by atoms with van der Waals surface area (Å²) in [7, 11) is 0. The molecule has 3 rings (SSSR count). The fourth-order valence-corrected chi connectivity index (χ4v) is 2.66. The normalized spacial score (nSPS) is 16.9. The van der Waals surface area contributed by atoms with Crippen molar-refractivity contribution < 1.29 is 5.11 Å². The molecule has 1 aliphatic heterocycles. The Hall–Kier alpha value is -2.07. The summed E-state index contributed by atoms with van der Waals surface area (Å²) in [6.45, 7) is 5.70. The van der Waals surface area contributed by atoms with E-state index >= 15 is 0 Å². The minimum atomic E-state index is -0.457. The zero-order chi connectivity index (χ0) is 14.7. The Balaban J connectivity index is 1.63. The van der Waals surface area contributed by atoms with Crippen LogP contribution in [0.15, 0.2) is 48.7 Å². The first-order valence-corrected chi connectivity index (χ1v) is 7.43. The Kier molecular flexibility index (Phi) is 4.06. The molecule has 2 heterocycles. The molecule has 1 aromatic carbocycles. The van der Waals surface area contributed by atoms with E-state index in [9.17, 15) is 5.11 Å². The van der Waals surface area contributed by atoms with Crippen LogP contribution in [0.1, 0.15) is 18.6 Å². The molecule has 1 atom stereocenters. The Morgan fingerprint density at radius 2 is 1.62 bits per heavy atom. The van der Waals surface area contributed by atoms with Crippen molar-refractivity contribution in [2.45, 2.75) is 13.0 Å². The Bertz CT molecular complexity index is 560. The summed E-state index contributed by atoms with van der Waals surface area (Å²) in [5.41, 5.74) is 2.15. The van der Waals surface area contributed by atoms with Crippen LogP contribution in [0.3, 0.4) is 0 Å². The molecule has 0 aliphatic carbocycles. The van der Waals surface area contributed by atoms with Crippen LogP contribution >= 0.6 is 0 Å². The second-order valence-electron chi connectivity index (χ2n) is 5.44. The average Bonchev–Trinajstić information content (AvgIpc) is 2.56. The van der Waals surface area contributed by atoms with Crippen molar-refractivity contribution in [2.24, 2.45) is 0 Å². The summed E-state index contributed by atoms with van der Waals surface area (Å²) in [5, 5.41) is 9.53. The molecule has 1 fully saturated rings. The van der Waals surface area contributed by atoms with Crippen LogP contribution in [-0.2, 0) is 0 Å². The highest BCUT2D eigenvalue weighted by atomic mass is 16.3. The lowest BCUT2D eigenvalue weighted by molar-refractivity contribution is 0.199. The highest BCUT2D eigenvalue weighted by Crippen LogP contribution is 2.20. The summed E-state index contributed by atoms with van der Waals surface area (Å²) in [4.78, 5) is 9.17. The standard InChI is InChI=1S/C17H21N3O/c1-14(21)15-7-8-17(18-13-15)20-11-9-19(10-12-20)16-5-3-2-4-6-16/h2-8,13-14,21H,9-12H2,1H3/t14-/m0/s1. The van der Waals surface area contributed by atoms with Crippen molar-refractivity contribution in [1.29, 1.82) is 0 Å². The lowest BCUT2D eigenvalue weighted by Crippen LogP contribution is -2.46. The van der Waals surface area contributed by atoms with E-state index in [2.05, 4.69) is 39.0 Å². The van der Waals surface area contributed by atoms with Gasteiger partial charge < -0.3 is 14.9 Å². The molecule has 4 nitrogen and oxygen atoms in total. The third kappa shape index (κ3) is 3.16. The molecule has 0 unspecified atom stereocenters. The molecule has 21 heavy (non-hydrogen) atoms. The SMILES string of the molecule is C[C@H](O)c1ccc(N2CCN(c3ccccc3)CC2)nc1. The lowest BCUT2D eigenvalue weighted by atomic mass is 10.2. The minimum Gasteiger partial charge on any atom is -0.389 e. The molecule has 1 N–H and O–H groups in total. The van der Waals surface area contributed by atoms with Gasteiger partial charge in [-0.1, -0.05) is 24.3 Å². The quantitative estimate of drug-likeness (QED) is 0.939. The van der Waals surface area contributed by atoms with Gasteiger partial charge in [-0.25, -0.2) is 4.98 Å². The molecule has 110 valence electrons. The van der Waals surface area contributed by atoms with E-state index in [1.54, 1.807) is 13.1 Å². The van der Waals surface area contributed by atoms with Gasteiger partial charge in [-0.3, -0.25) is 0 Å². The average molecular weight is 283 g/mol. The van der Waals surface area contributed by atoms with E-state index in [0.717, 1.165) is 37.6 Å². The van der Waals surface area contributed by atoms with Gasteiger partial charge in [0.2, 0.25) is 0 Å². The molecule has 0 radical (unpaired) electrons. The second-order valence-corrected chi connectivity index (χ2v) is 5.44. The molecular formula is C17H21N3O. The third-order valence-electron chi connectivity index (χ3n) is 3.98. The molecule has 0 saturated carbocycles. The summed E-state index contributed by atoms with van der Waals surface area (Å²) < 4.78 is 0. The minimum absolute atomic E-state index is 0.457. The Morgan fingerprint density at radius 3 is 2.19 bits per heavy atom. The third-order valence-corrected chi connectivity index (χ3v) is 3.98. The summed E-state index contributed by atoms with van der Waals surface area (Å²) >= 11 is 0. The van der Waals surface area contributed by atoms with Crippen LogP contribution in [0.4, 0.5) is 11.5 Å². The Labute approximate surface area is 125 Å². The fraction of sp³-hybridized carbons (Fsp3) is 0.353.